The Morgan fingerprint density at radius 3 is 1.26 bits per heavy atom. The van der Waals surface area contributed by atoms with Crippen LogP contribution >= 0.6 is 0 Å². The number of anilines is 3. The van der Waals surface area contributed by atoms with Crippen molar-refractivity contribution in [3.8, 4) is 62.1 Å². The lowest BCUT2D eigenvalue weighted by Crippen LogP contribution is -2.10. The van der Waals surface area contributed by atoms with Crippen LogP contribution < -0.4 is 4.90 Å². The highest BCUT2D eigenvalue weighted by Crippen LogP contribution is 2.43. The minimum atomic E-state index is 0.611. The van der Waals surface area contributed by atoms with Crippen LogP contribution in [0, 0.1) is 0 Å². The molecule has 0 N–H and O–H groups in total. The van der Waals surface area contributed by atoms with Crippen molar-refractivity contribution in [1.82, 2.24) is 23.7 Å². The van der Waals surface area contributed by atoms with Gasteiger partial charge in [0.1, 0.15) is 0 Å². The van der Waals surface area contributed by atoms with E-state index >= 15 is 0 Å². The van der Waals surface area contributed by atoms with E-state index in [4.69, 9.17) is 9.97 Å². The van der Waals surface area contributed by atoms with Gasteiger partial charge in [-0.2, -0.15) is 0 Å². The molecule has 0 amide bonds. The Labute approximate surface area is 496 Å². The second-order valence-corrected chi connectivity index (χ2v) is 22.2. The lowest BCUT2D eigenvalue weighted by atomic mass is 10.0. The summed E-state index contributed by atoms with van der Waals surface area (Å²) in [6.45, 7) is 0. The third-order valence-electron chi connectivity index (χ3n) is 17.2. The van der Waals surface area contributed by atoms with Gasteiger partial charge in [0.15, 0.2) is 0 Å². The zero-order valence-electron chi connectivity index (χ0n) is 46.7. The molecule has 0 saturated heterocycles. The number of aromatic nitrogens is 5. The van der Waals surface area contributed by atoms with Gasteiger partial charge in [-0.25, -0.2) is 9.97 Å². The quantitative estimate of drug-likeness (QED) is 0.137. The van der Waals surface area contributed by atoms with Gasteiger partial charge >= 0.3 is 0 Å². The summed E-state index contributed by atoms with van der Waals surface area (Å²) >= 11 is 0. The predicted octanol–water partition coefficient (Wildman–Crippen LogP) is 21.1. The average Bonchev–Trinajstić information content (AvgIpc) is 2.08. The van der Waals surface area contributed by atoms with Crippen molar-refractivity contribution in [3.63, 3.8) is 0 Å². The van der Waals surface area contributed by atoms with Crippen LogP contribution in [0.2, 0.25) is 0 Å². The Bertz CT molecular complexity index is 5460. The Morgan fingerprint density at radius 2 is 0.640 bits per heavy atom. The van der Waals surface area contributed by atoms with E-state index in [1.54, 1.807) is 0 Å². The van der Waals surface area contributed by atoms with E-state index in [0.717, 1.165) is 106 Å². The first kappa shape index (κ1) is 49.0. The summed E-state index contributed by atoms with van der Waals surface area (Å²) in [6, 6.07) is 114. The van der Waals surface area contributed by atoms with Gasteiger partial charge in [-0.1, -0.05) is 200 Å². The Kier molecular flexibility index (Phi) is 11.5. The first-order valence-electron chi connectivity index (χ1n) is 29.3. The van der Waals surface area contributed by atoms with E-state index in [0.29, 0.717) is 5.95 Å². The predicted molar refractivity (Wildman–Crippen MR) is 359 cm³/mol. The minimum Gasteiger partial charge on any atom is -0.310 e. The number of hydrogen-bond acceptors (Lipinski definition) is 3. The van der Waals surface area contributed by atoms with E-state index in [9.17, 15) is 0 Å². The molecule has 402 valence electrons. The molecular weight excluding hydrogens is 1040 g/mol. The molecule has 0 bridgehead atoms. The van der Waals surface area contributed by atoms with Crippen LogP contribution in [-0.4, -0.2) is 23.7 Å². The van der Waals surface area contributed by atoms with Crippen LogP contribution in [0.25, 0.3) is 138 Å². The normalized spacial score (nSPS) is 11.7. The molecule has 0 spiro atoms. The van der Waals surface area contributed by atoms with E-state index in [1.165, 1.54) is 43.4 Å². The number of benzene rings is 13. The molecule has 86 heavy (non-hydrogen) atoms. The van der Waals surface area contributed by atoms with Crippen LogP contribution in [0.5, 0.6) is 0 Å². The third-order valence-corrected chi connectivity index (χ3v) is 17.2. The molecule has 0 atom stereocenters. The first-order valence-corrected chi connectivity index (χ1v) is 29.3. The second-order valence-electron chi connectivity index (χ2n) is 22.2. The fourth-order valence-corrected chi connectivity index (χ4v) is 13.3. The van der Waals surface area contributed by atoms with E-state index < -0.39 is 0 Å². The summed E-state index contributed by atoms with van der Waals surface area (Å²) in [5.74, 6) is 0.611. The van der Waals surface area contributed by atoms with Crippen molar-refractivity contribution in [1.29, 1.82) is 0 Å². The van der Waals surface area contributed by atoms with Gasteiger partial charge in [-0.3, -0.25) is 4.57 Å². The summed E-state index contributed by atoms with van der Waals surface area (Å²) in [5, 5.41) is 9.54. The van der Waals surface area contributed by atoms with Crippen molar-refractivity contribution < 1.29 is 0 Å². The maximum atomic E-state index is 5.54. The molecule has 17 aromatic rings. The number of para-hydroxylation sites is 5. The molecule has 6 nitrogen and oxygen atoms in total. The van der Waals surface area contributed by atoms with Gasteiger partial charge < -0.3 is 14.0 Å². The molecule has 0 radical (unpaired) electrons. The molecular formula is C80H52N6. The smallest absolute Gasteiger partial charge is 0.235 e. The topological polar surface area (TPSA) is 43.8 Å². The van der Waals surface area contributed by atoms with Gasteiger partial charge in [0.2, 0.25) is 5.95 Å². The van der Waals surface area contributed by atoms with Gasteiger partial charge in [0.05, 0.1) is 50.2 Å². The van der Waals surface area contributed by atoms with Crippen LogP contribution in [0.4, 0.5) is 17.1 Å². The molecule has 0 aliphatic rings. The maximum absolute atomic E-state index is 5.54. The van der Waals surface area contributed by atoms with Crippen molar-refractivity contribution in [3.05, 3.63) is 315 Å². The van der Waals surface area contributed by atoms with Gasteiger partial charge in [-0.05, 0) is 143 Å². The largest absolute Gasteiger partial charge is 0.310 e. The molecule has 6 heteroatoms. The fraction of sp³-hybridized carbons (Fsp3) is 0. The molecule has 0 aliphatic carbocycles. The fourth-order valence-electron chi connectivity index (χ4n) is 13.3. The number of nitrogens with zero attached hydrogens (tertiary/aromatic N) is 6. The van der Waals surface area contributed by atoms with Crippen LogP contribution in [-0.2, 0) is 0 Å². The summed E-state index contributed by atoms with van der Waals surface area (Å²) in [6.07, 6.45) is 0. The minimum absolute atomic E-state index is 0.611. The van der Waals surface area contributed by atoms with Crippen molar-refractivity contribution in [2.75, 3.05) is 4.90 Å². The zero-order valence-corrected chi connectivity index (χ0v) is 46.7. The lowest BCUT2D eigenvalue weighted by molar-refractivity contribution is 0.995. The monoisotopic (exact) mass is 1100 g/mol. The standard InChI is InChI=1S/C80H52N6/c1-4-21-55(22-5-1)71-52-72(82-80(81-71)86-76-36-17-14-33-67(76)70-51-58(42-47-79(70)86)57-41-46-77-69(50-57)65-31-12-15-34-74(65)84(77)61-27-8-3-9-28-61)59-24-18-29-63(48-59)85-75-35-16-13-32-66(75)68-49-56(40-45-78(68)85)53-38-43-62(44-39-53)83(60-25-6-2-7-26-60)73-37-19-23-54-20-10-11-30-64(54)73/h1-52H. The Morgan fingerprint density at radius 1 is 0.233 bits per heavy atom. The molecule has 0 fully saturated rings. The van der Waals surface area contributed by atoms with Crippen LogP contribution in [0.3, 0.4) is 0 Å². The van der Waals surface area contributed by atoms with E-state index in [-0.39, 0.29) is 0 Å². The lowest BCUT2D eigenvalue weighted by Gasteiger charge is -2.27. The highest BCUT2D eigenvalue weighted by Gasteiger charge is 2.22. The number of fused-ring (bicyclic) bond motifs is 10. The highest BCUT2D eigenvalue weighted by atomic mass is 15.2. The molecule has 4 aromatic heterocycles. The third kappa shape index (κ3) is 8.10. The Balaban J connectivity index is 0.757. The van der Waals surface area contributed by atoms with Crippen LogP contribution in [0.1, 0.15) is 0 Å². The summed E-state index contributed by atoms with van der Waals surface area (Å²) in [4.78, 5) is 13.3. The molecule has 0 saturated carbocycles. The van der Waals surface area contributed by atoms with Crippen LogP contribution in [0.15, 0.2) is 315 Å². The van der Waals surface area contributed by atoms with Crippen molar-refractivity contribution >= 4 is 93.3 Å². The number of hydrogen-bond donors (Lipinski definition) is 0. The zero-order chi connectivity index (χ0) is 56.7. The first-order chi connectivity index (χ1) is 42.6. The molecule has 4 heterocycles. The maximum Gasteiger partial charge on any atom is 0.235 e. The summed E-state index contributed by atoms with van der Waals surface area (Å²) in [7, 11) is 0. The van der Waals surface area contributed by atoms with E-state index in [1.807, 2.05) is 0 Å². The van der Waals surface area contributed by atoms with Crippen molar-refractivity contribution in [2.24, 2.45) is 0 Å². The van der Waals surface area contributed by atoms with Crippen molar-refractivity contribution in [2.45, 2.75) is 0 Å². The molecule has 0 unspecified atom stereocenters. The van der Waals surface area contributed by atoms with E-state index in [2.05, 4.69) is 334 Å². The second kappa shape index (κ2) is 20.1. The van der Waals surface area contributed by atoms with Gasteiger partial charge in [-0.15, -0.1) is 0 Å². The highest BCUT2D eigenvalue weighted by molar-refractivity contribution is 6.14. The van der Waals surface area contributed by atoms with Gasteiger partial charge in [0, 0.05) is 71.6 Å². The van der Waals surface area contributed by atoms with Gasteiger partial charge in [0.25, 0.3) is 0 Å². The SMILES string of the molecule is c1ccc(-c2cc(-c3cccc(-n4c5ccccc5c5cc(-c6ccc(N(c7ccccc7)c7cccc8ccccc78)cc6)ccc54)c3)nc(-n3c4ccccc4c4cc(-c5ccc6c(c5)c5ccccc5n6-c5ccccc5)ccc43)n2)cc1. The molecule has 17 rings (SSSR count). The average molecular weight is 1100 g/mol. The summed E-state index contributed by atoms with van der Waals surface area (Å²) in [5.41, 5.74) is 20.6. The summed E-state index contributed by atoms with van der Waals surface area (Å²) < 4.78 is 7.01. The molecule has 0 aliphatic heterocycles. The molecule has 13 aromatic carbocycles. The number of rotatable bonds is 10. The Hall–Kier alpha value is -11.6.